The quantitative estimate of drug-likeness (QED) is 0.221. The molecule has 0 aromatic heterocycles. The summed E-state index contributed by atoms with van der Waals surface area (Å²) in [5, 5.41) is -0.333. The zero-order chi connectivity index (χ0) is 19.1. The standard InChI is InChI=1S/C16H31O6PS2.Li/c1-4-6-8-10-15(17)24-13-14(12-22-23(19,20)21-3)25-16(18)11-9-7-5-2;/h14H,4-13H2,1-3H3,(H,19,20);/q;+1/p-1/t14-;/m1./s1. The second kappa shape index (κ2) is 17.8. The molecule has 0 aliphatic heterocycles. The molecule has 0 fully saturated rings. The minimum atomic E-state index is -4.33. The Labute approximate surface area is 178 Å². The van der Waals surface area contributed by atoms with Crippen molar-refractivity contribution in [3.8, 4) is 0 Å². The number of phosphoric ester groups is 1. The minimum Gasteiger partial charge on any atom is -0.756 e. The van der Waals surface area contributed by atoms with Gasteiger partial charge in [-0.05, 0) is 12.8 Å². The van der Waals surface area contributed by atoms with Gasteiger partial charge < -0.3 is 13.9 Å². The fourth-order valence-electron chi connectivity index (χ4n) is 1.88. The average Bonchev–Trinajstić information content (AvgIpc) is 2.58. The van der Waals surface area contributed by atoms with Gasteiger partial charge in [0.05, 0.1) is 6.61 Å². The molecule has 0 aromatic carbocycles. The molecule has 0 aromatic rings. The van der Waals surface area contributed by atoms with Gasteiger partial charge in [0.15, 0.2) is 10.2 Å². The van der Waals surface area contributed by atoms with Crippen LogP contribution < -0.4 is 23.8 Å². The molecule has 10 heteroatoms. The van der Waals surface area contributed by atoms with Crippen molar-refractivity contribution in [1.29, 1.82) is 0 Å². The molecule has 0 radical (unpaired) electrons. The molecule has 0 spiro atoms. The number of hydrogen-bond acceptors (Lipinski definition) is 8. The van der Waals surface area contributed by atoms with Gasteiger partial charge >= 0.3 is 18.9 Å². The SMILES string of the molecule is CCCCCC(=O)SC[C@@H](COP(=O)([O-])OC)SC(=O)CCCCC.[Li+]. The van der Waals surface area contributed by atoms with Gasteiger partial charge in [0.1, 0.15) is 0 Å². The van der Waals surface area contributed by atoms with Gasteiger partial charge in [0, 0.05) is 31.0 Å². The third-order valence-corrected chi connectivity index (χ3v) is 6.66. The van der Waals surface area contributed by atoms with Crippen LogP contribution >= 0.6 is 31.3 Å². The van der Waals surface area contributed by atoms with Crippen molar-refractivity contribution in [2.24, 2.45) is 0 Å². The molecular weight excluding hydrogens is 390 g/mol. The summed E-state index contributed by atoms with van der Waals surface area (Å²) < 4.78 is 20.4. The first kappa shape index (κ1) is 29.0. The summed E-state index contributed by atoms with van der Waals surface area (Å²) in [4.78, 5) is 35.2. The van der Waals surface area contributed by atoms with Crippen LogP contribution in [-0.4, -0.2) is 35.0 Å². The second-order valence-electron chi connectivity index (χ2n) is 5.63. The molecule has 0 N–H and O–H groups in total. The summed E-state index contributed by atoms with van der Waals surface area (Å²) in [5.74, 6) is 0.346. The Morgan fingerprint density at radius 2 is 1.58 bits per heavy atom. The van der Waals surface area contributed by atoms with Crippen LogP contribution in [0.1, 0.15) is 65.2 Å². The molecular formula is C16H30LiO6PS2. The smallest absolute Gasteiger partial charge is 0.756 e. The van der Waals surface area contributed by atoms with E-state index in [1.807, 2.05) is 0 Å². The van der Waals surface area contributed by atoms with Crippen LogP contribution in [0, 0.1) is 0 Å². The Hall–Kier alpha value is 0.747. The number of thioether (sulfide) groups is 2. The first-order valence-corrected chi connectivity index (χ1v) is 12.0. The number of hydrogen-bond donors (Lipinski definition) is 0. The molecule has 0 saturated heterocycles. The van der Waals surface area contributed by atoms with E-state index in [0.29, 0.717) is 18.6 Å². The van der Waals surface area contributed by atoms with Gasteiger partial charge in [-0.2, -0.15) is 0 Å². The molecule has 0 aliphatic rings. The van der Waals surface area contributed by atoms with E-state index in [4.69, 9.17) is 4.52 Å². The number of unbranched alkanes of at least 4 members (excludes halogenated alkanes) is 4. The van der Waals surface area contributed by atoms with Crippen molar-refractivity contribution >= 4 is 41.6 Å². The summed E-state index contributed by atoms with van der Waals surface area (Å²) in [6, 6.07) is 0. The van der Waals surface area contributed by atoms with Gasteiger partial charge in [0.25, 0.3) is 7.82 Å². The molecule has 2 atom stereocenters. The largest absolute Gasteiger partial charge is 1.00 e. The third-order valence-electron chi connectivity index (χ3n) is 3.34. The molecule has 0 saturated carbocycles. The molecule has 1 unspecified atom stereocenters. The van der Waals surface area contributed by atoms with Crippen molar-refractivity contribution in [3.05, 3.63) is 0 Å². The van der Waals surface area contributed by atoms with Crippen molar-refractivity contribution in [3.63, 3.8) is 0 Å². The number of carbonyl (C=O) groups is 2. The zero-order valence-corrected chi connectivity index (χ0v) is 18.9. The number of carbonyl (C=O) groups excluding carboxylic acids is 2. The van der Waals surface area contributed by atoms with Crippen LogP contribution in [-0.2, 0) is 23.2 Å². The maximum Gasteiger partial charge on any atom is 1.00 e. The van der Waals surface area contributed by atoms with E-state index >= 15 is 0 Å². The molecule has 0 rings (SSSR count). The fraction of sp³-hybridized carbons (Fsp3) is 0.875. The molecule has 0 amide bonds. The number of phosphoric acid groups is 1. The molecule has 0 bridgehead atoms. The maximum absolute atomic E-state index is 12.0. The van der Waals surface area contributed by atoms with Crippen LogP contribution in [0.25, 0.3) is 0 Å². The van der Waals surface area contributed by atoms with E-state index in [2.05, 4.69) is 18.4 Å². The summed E-state index contributed by atoms with van der Waals surface area (Å²) in [6.07, 6.45) is 6.69. The summed E-state index contributed by atoms with van der Waals surface area (Å²) in [6.45, 7) is 3.96. The Balaban J connectivity index is 0. The Kier molecular flexibility index (Phi) is 19.8. The molecule has 6 nitrogen and oxygen atoms in total. The molecule has 0 aliphatic carbocycles. The van der Waals surface area contributed by atoms with Gasteiger partial charge in [-0.3, -0.25) is 14.2 Å². The van der Waals surface area contributed by atoms with E-state index in [1.54, 1.807) is 0 Å². The van der Waals surface area contributed by atoms with Crippen LogP contribution in [0.5, 0.6) is 0 Å². The Bertz CT molecular complexity index is 439. The monoisotopic (exact) mass is 420 g/mol. The zero-order valence-electron chi connectivity index (χ0n) is 16.4. The van der Waals surface area contributed by atoms with Gasteiger partial charge in [-0.15, -0.1) is 0 Å². The van der Waals surface area contributed by atoms with Crippen LogP contribution in [0.2, 0.25) is 0 Å². The second-order valence-corrected chi connectivity index (χ2v) is 9.59. The van der Waals surface area contributed by atoms with E-state index in [9.17, 15) is 19.0 Å². The Morgan fingerprint density at radius 1 is 1.04 bits per heavy atom. The molecule has 0 heterocycles. The Morgan fingerprint density at radius 3 is 2.08 bits per heavy atom. The number of rotatable bonds is 15. The molecule has 26 heavy (non-hydrogen) atoms. The summed E-state index contributed by atoms with van der Waals surface area (Å²) >= 11 is 2.20. The van der Waals surface area contributed by atoms with Crippen LogP contribution in [0.4, 0.5) is 0 Å². The summed E-state index contributed by atoms with van der Waals surface area (Å²) in [7, 11) is -3.31. The first-order chi connectivity index (χ1) is 11.8. The van der Waals surface area contributed by atoms with E-state index < -0.39 is 13.1 Å². The average molecular weight is 420 g/mol. The maximum atomic E-state index is 12.0. The van der Waals surface area contributed by atoms with Crippen molar-refractivity contribution in [1.82, 2.24) is 0 Å². The third kappa shape index (κ3) is 16.9. The summed E-state index contributed by atoms with van der Waals surface area (Å²) in [5.41, 5.74) is 0. The van der Waals surface area contributed by atoms with E-state index in [-0.39, 0.29) is 35.7 Å². The van der Waals surface area contributed by atoms with Crippen molar-refractivity contribution in [2.45, 2.75) is 70.5 Å². The van der Waals surface area contributed by atoms with Gasteiger partial charge in [0.2, 0.25) is 0 Å². The predicted molar refractivity (Wildman–Crippen MR) is 103 cm³/mol. The topological polar surface area (TPSA) is 92.7 Å². The van der Waals surface area contributed by atoms with E-state index in [1.165, 1.54) is 0 Å². The first-order valence-electron chi connectivity index (χ1n) is 8.71. The normalized spacial score (nSPS) is 14.3. The van der Waals surface area contributed by atoms with Crippen LogP contribution in [0.15, 0.2) is 0 Å². The predicted octanol–water partition coefficient (Wildman–Crippen LogP) is 1.17. The van der Waals surface area contributed by atoms with Crippen molar-refractivity contribution in [2.75, 3.05) is 19.5 Å². The van der Waals surface area contributed by atoms with Crippen molar-refractivity contribution < 1.29 is 47.0 Å². The molecule has 148 valence electrons. The minimum absolute atomic E-state index is 0. The van der Waals surface area contributed by atoms with Gasteiger partial charge in [-0.1, -0.05) is 63.1 Å². The van der Waals surface area contributed by atoms with Crippen LogP contribution in [0.3, 0.4) is 0 Å². The van der Waals surface area contributed by atoms with E-state index in [0.717, 1.165) is 69.2 Å². The fourth-order valence-corrected chi connectivity index (χ4v) is 4.46. The van der Waals surface area contributed by atoms with Gasteiger partial charge in [-0.25, -0.2) is 0 Å².